The number of phenols is 1. The number of anilines is 1. The van der Waals surface area contributed by atoms with Crippen LogP contribution in [0, 0.1) is 0 Å². The highest BCUT2D eigenvalue weighted by atomic mass is 16.5. The molecule has 0 bridgehead atoms. The summed E-state index contributed by atoms with van der Waals surface area (Å²) in [6.45, 7) is 0. The normalized spacial score (nSPS) is 10.0. The number of benzene rings is 2. The zero-order chi connectivity index (χ0) is 15.2. The van der Waals surface area contributed by atoms with Crippen molar-refractivity contribution in [1.29, 1.82) is 0 Å². The van der Waals surface area contributed by atoms with Crippen LogP contribution in [0.2, 0.25) is 0 Å². The van der Waals surface area contributed by atoms with E-state index >= 15 is 0 Å². The molecule has 2 aromatic carbocycles. The van der Waals surface area contributed by atoms with Gasteiger partial charge in [-0.3, -0.25) is 4.79 Å². The fraction of sp³-hybridized carbons (Fsp3) is 0.0667. The average molecular weight is 303 g/mol. The van der Waals surface area contributed by atoms with Crippen LogP contribution in [0.5, 0.6) is 11.5 Å². The quantitative estimate of drug-likeness (QED) is 0.440. The molecular weight excluding hydrogens is 286 g/mol. The van der Waals surface area contributed by atoms with Gasteiger partial charge in [-0.2, -0.15) is 5.10 Å². The number of hydrogen-bond donors (Lipinski definition) is 3. The first kappa shape index (κ1) is 17.0. The molecule has 1 amide bonds. The standard InChI is InChI=1S/C15H15N3O3.H2O/c1-21-13-4-2-3-11(14(13)19)9-17-18-15(20)10-5-7-12(16)8-6-10;/h2-9,19H,16H2,1H3,(H,18,20);1H2/b17-9+;. The van der Waals surface area contributed by atoms with Crippen LogP contribution in [-0.2, 0) is 0 Å². The number of nitrogen functional groups attached to an aromatic ring is 1. The Kier molecular flexibility index (Phi) is 5.91. The Morgan fingerprint density at radius 3 is 2.59 bits per heavy atom. The van der Waals surface area contributed by atoms with Gasteiger partial charge >= 0.3 is 0 Å². The van der Waals surface area contributed by atoms with Crippen molar-refractivity contribution < 1.29 is 20.1 Å². The molecule has 0 heterocycles. The number of carbonyl (C=O) groups is 1. The predicted molar refractivity (Wildman–Crippen MR) is 84.2 cm³/mol. The van der Waals surface area contributed by atoms with Crippen LogP contribution in [0.1, 0.15) is 15.9 Å². The number of para-hydroxylation sites is 1. The van der Waals surface area contributed by atoms with Crippen molar-refractivity contribution in [3.63, 3.8) is 0 Å². The second-order valence-corrected chi connectivity index (χ2v) is 4.22. The Morgan fingerprint density at radius 1 is 1.27 bits per heavy atom. The van der Waals surface area contributed by atoms with Crippen molar-refractivity contribution in [2.45, 2.75) is 0 Å². The van der Waals surface area contributed by atoms with Gasteiger partial charge in [-0.15, -0.1) is 0 Å². The summed E-state index contributed by atoms with van der Waals surface area (Å²) in [7, 11) is 1.46. The number of phenolic OH excluding ortho intramolecular Hbond substituents is 1. The van der Waals surface area contributed by atoms with E-state index in [-0.39, 0.29) is 17.1 Å². The summed E-state index contributed by atoms with van der Waals surface area (Å²) in [6, 6.07) is 11.4. The summed E-state index contributed by atoms with van der Waals surface area (Å²) in [5.74, 6) is -0.0667. The lowest BCUT2D eigenvalue weighted by Crippen LogP contribution is -2.17. The van der Waals surface area contributed by atoms with E-state index in [0.717, 1.165) is 0 Å². The molecule has 2 rings (SSSR count). The molecule has 0 spiro atoms. The lowest BCUT2D eigenvalue weighted by atomic mass is 10.2. The maximum absolute atomic E-state index is 11.8. The zero-order valence-electron chi connectivity index (χ0n) is 11.9. The lowest BCUT2D eigenvalue weighted by molar-refractivity contribution is 0.0955. The van der Waals surface area contributed by atoms with E-state index in [1.165, 1.54) is 13.3 Å². The first-order valence-corrected chi connectivity index (χ1v) is 6.16. The minimum absolute atomic E-state index is 0. The summed E-state index contributed by atoms with van der Waals surface area (Å²) >= 11 is 0. The number of nitrogens with two attached hydrogens (primary N) is 1. The summed E-state index contributed by atoms with van der Waals surface area (Å²) < 4.78 is 4.98. The molecule has 7 nitrogen and oxygen atoms in total. The number of rotatable bonds is 4. The molecule has 0 radical (unpaired) electrons. The highest BCUT2D eigenvalue weighted by molar-refractivity contribution is 5.95. The maximum Gasteiger partial charge on any atom is 0.271 e. The zero-order valence-corrected chi connectivity index (χ0v) is 11.9. The number of ether oxygens (including phenoxy) is 1. The monoisotopic (exact) mass is 303 g/mol. The fourth-order valence-electron chi connectivity index (χ4n) is 1.67. The lowest BCUT2D eigenvalue weighted by Gasteiger charge is -2.05. The van der Waals surface area contributed by atoms with Crippen molar-refractivity contribution >= 4 is 17.8 Å². The molecule has 0 aromatic heterocycles. The number of nitrogens with zero attached hydrogens (tertiary/aromatic N) is 1. The second-order valence-electron chi connectivity index (χ2n) is 4.22. The van der Waals surface area contributed by atoms with E-state index in [4.69, 9.17) is 10.5 Å². The van der Waals surface area contributed by atoms with Crippen LogP contribution in [0.15, 0.2) is 47.6 Å². The van der Waals surface area contributed by atoms with Gasteiger partial charge in [0.1, 0.15) is 0 Å². The average Bonchev–Trinajstić information content (AvgIpc) is 2.49. The Balaban J connectivity index is 0.00000242. The molecule has 0 saturated heterocycles. The molecule has 0 aliphatic rings. The van der Waals surface area contributed by atoms with Gasteiger partial charge in [-0.1, -0.05) is 6.07 Å². The topological polar surface area (TPSA) is 128 Å². The fourth-order valence-corrected chi connectivity index (χ4v) is 1.67. The molecule has 2 aromatic rings. The van der Waals surface area contributed by atoms with Crippen molar-refractivity contribution in [1.82, 2.24) is 5.43 Å². The van der Waals surface area contributed by atoms with Gasteiger partial charge in [0.05, 0.1) is 13.3 Å². The van der Waals surface area contributed by atoms with Gasteiger partial charge in [0.15, 0.2) is 11.5 Å². The number of nitrogens with one attached hydrogen (secondary N) is 1. The van der Waals surface area contributed by atoms with Crippen molar-refractivity contribution in [2.24, 2.45) is 5.10 Å². The maximum atomic E-state index is 11.8. The molecule has 116 valence electrons. The smallest absolute Gasteiger partial charge is 0.271 e. The van der Waals surface area contributed by atoms with Crippen LogP contribution >= 0.6 is 0 Å². The van der Waals surface area contributed by atoms with E-state index in [1.807, 2.05) is 0 Å². The predicted octanol–water partition coefficient (Wildman–Crippen LogP) is 0.922. The molecule has 7 heteroatoms. The molecule has 0 atom stereocenters. The van der Waals surface area contributed by atoms with Crippen LogP contribution in [-0.4, -0.2) is 29.8 Å². The van der Waals surface area contributed by atoms with Gasteiger partial charge in [0, 0.05) is 16.8 Å². The third-order valence-electron chi connectivity index (χ3n) is 2.79. The number of amides is 1. The van der Waals surface area contributed by atoms with Crippen LogP contribution in [0.25, 0.3) is 0 Å². The molecule has 0 aliphatic carbocycles. The Labute approximate surface area is 127 Å². The highest BCUT2D eigenvalue weighted by Crippen LogP contribution is 2.27. The van der Waals surface area contributed by atoms with Gasteiger partial charge in [-0.05, 0) is 36.4 Å². The second kappa shape index (κ2) is 7.65. The van der Waals surface area contributed by atoms with Gasteiger partial charge in [0.25, 0.3) is 5.91 Å². The Bertz CT molecular complexity index is 669. The first-order chi connectivity index (χ1) is 10.1. The van der Waals surface area contributed by atoms with Crippen LogP contribution in [0.3, 0.4) is 0 Å². The summed E-state index contributed by atoms with van der Waals surface area (Å²) in [5.41, 5.74) is 9.37. The molecule has 0 aliphatic heterocycles. The number of hydrogen-bond acceptors (Lipinski definition) is 5. The Morgan fingerprint density at radius 2 is 1.95 bits per heavy atom. The largest absolute Gasteiger partial charge is 0.504 e. The SMILES string of the molecule is COc1cccc(/C=N/NC(=O)c2ccc(N)cc2)c1O.O. The molecule has 22 heavy (non-hydrogen) atoms. The Hall–Kier alpha value is -3.06. The van der Waals surface area contributed by atoms with E-state index < -0.39 is 0 Å². The van der Waals surface area contributed by atoms with Crippen molar-refractivity contribution in [3.05, 3.63) is 53.6 Å². The van der Waals surface area contributed by atoms with E-state index in [0.29, 0.717) is 22.6 Å². The van der Waals surface area contributed by atoms with Crippen LogP contribution < -0.4 is 15.9 Å². The third kappa shape index (κ3) is 3.97. The summed E-state index contributed by atoms with van der Waals surface area (Å²) in [4.78, 5) is 11.8. The minimum atomic E-state index is -0.367. The molecule has 0 saturated carbocycles. The van der Waals surface area contributed by atoms with E-state index in [1.54, 1.807) is 42.5 Å². The van der Waals surface area contributed by atoms with E-state index in [2.05, 4.69) is 10.5 Å². The number of hydrazone groups is 1. The van der Waals surface area contributed by atoms with Gasteiger partial charge in [-0.25, -0.2) is 5.43 Å². The number of aromatic hydroxyl groups is 1. The van der Waals surface area contributed by atoms with E-state index in [9.17, 15) is 9.90 Å². The molecule has 6 N–H and O–H groups in total. The number of methoxy groups -OCH3 is 1. The third-order valence-corrected chi connectivity index (χ3v) is 2.79. The van der Waals surface area contributed by atoms with Gasteiger partial charge in [0.2, 0.25) is 0 Å². The van der Waals surface area contributed by atoms with Crippen molar-refractivity contribution in [2.75, 3.05) is 12.8 Å². The van der Waals surface area contributed by atoms with Crippen molar-refractivity contribution in [3.8, 4) is 11.5 Å². The summed E-state index contributed by atoms with van der Waals surface area (Å²) in [5, 5.41) is 13.7. The minimum Gasteiger partial charge on any atom is -0.504 e. The first-order valence-electron chi connectivity index (χ1n) is 6.16. The van der Waals surface area contributed by atoms with Crippen LogP contribution in [0.4, 0.5) is 5.69 Å². The summed E-state index contributed by atoms with van der Waals surface area (Å²) in [6.07, 6.45) is 1.34. The number of carbonyl (C=O) groups excluding carboxylic acids is 1. The molecule has 0 fully saturated rings. The molecule has 0 unspecified atom stereocenters. The van der Waals surface area contributed by atoms with Gasteiger partial charge < -0.3 is 21.1 Å². The highest BCUT2D eigenvalue weighted by Gasteiger charge is 2.06. The molecular formula is C15H17N3O4.